The fourth-order valence-corrected chi connectivity index (χ4v) is 1.67. The number of nitrogens with two attached hydrogens (primary N) is 2. The van der Waals surface area contributed by atoms with E-state index < -0.39 is 11.9 Å². The lowest BCUT2D eigenvalue weighted by atomic mass is 9.85. The normalized spacial score (nSPS) is 13.4. The summed E-state index contributed by atoms with van der Waals surface area (Å²) in [6, 6.07) is 4.57. The van der Waals surface area contributed by atoms with Gasteiger partial charge in [-0.25, -0.2) is 0 Å². The van der Waals surface area contributed by atoms with Crippen molar-refractivity contribution < 1.29 is 9.90 Å². The van der Waals surface area contributed by atoms with Crippen LogP contribution in [-0.4, -0.2) is 17.1 Å². The first-order valence-corrected chi connectivity index (χ1v) is 5.59. The zero-order valence-electron chi connectivity index (χ0n) is 10.5. The molecule has 1 aromatic carbocycles. The maximum atomic E-state index is 10.9. The largest absolute Gasteiger partial charge is 0.508 e. The summed E-state index contributed by atoms with van der Waals surface area (Å²) in [5.41, 5.74) is 12.3. The fourth-order valence-electron chi connectivity index (χ4n) is 1.67. The molecule has 0 heterocycles. The van der Waals surface area contributed by atoms with Crippen molar-refractivity contribution in [1.29, 1.82) is 0 Å². The number of carbonyl (C=O) groups excluding carboxylic acids is 1. The van der Waals surface area contributed by atoms with E-state index in [4.69, 9.17) is 11.5 Å². The van der Waals surface area contributed by atoms with Crippen molar-refractivity contribution >= 4 is 5.91 Å². The molecule has 0 bridgehead atoms. The predicted octanol–water partition coefficient (Wildman–Crippen LogP) is 1.04. The van der Waals surface area contributed by atoms with Crippen molar-refractivity contribution in [2.75, 3.05) is 0 Å². The van der Waals surface area contributed by atoms with E-state index >= 15 is 0 Å². The lowest BCUT2D eigenvalue weighted by Gasteiger charge is -2.21. The van der Waals surface area contributed by atoms with Crippen LogP contribution in [0.5, 0.6) is 5.75 Å². The second-order valence-corrected chi connectivity index (χ2v) is 5.31. The third-order valence-corrected chi connectivity index (χ3v) is 2.69. The maximum absolute atomic E-state index is 10.9. The third-order valence-electron chi connectivity index (χ3n) is 2.69. The molecule has 1 atom stereocenters. The molecule has 94 valence electrons. The number of amides is 1. The number of carbonyl (C=O) groups is 1. The Kier molecular flexibility index (Phi) is 3.78. The molecule has 5 N–H and O–H groups in total. The average Bonchev–Trinajstić information content (AvgIpc) is 2.19. The Morgan fingerprint density at radius 3 is 2.47 bits per heavy atom. The zero-order valence-corrected chi connectivity index (χ0v) is 10.5. The van der Waals surface area contributed by atoms with Crippen LogP contribution in [0.3, 0.4) is 0 Å². The van der Waals surface area contributed by atoms with E-state index in [2.05, 4.69) is 0 Å². The first-order chi connectivity index (χ1) is 7.71. The highest BCUT2D eigenvalue weighted by atomic mass is 16.3. The fraction of sp³-hybridized carbons (Fsp3) is 0.462. The molecule has 1 rings (SSSR count). The quantitative estimate of drug-likeness (QED) is 0.732. The maximum Gasteiger partial charge on any atom is 0.234 e. The van der Waals surface area contributed by atoms with Crippen LogP contribution in [0.2, 0.25) is 0 Å². The standard InChI is InChI=1S/C13H20N2O2/c1-13(2,3)9-6-8(4-5-11(9)16)7-10(14)12(15)17/h4-6,10,16H,7,14H2,1-3H3,(H2,15,17)/t10-/m0/s1. The Morgan fingerprint density at radius 1 is 1.41 bits per heavy atom. The van der Waals surface area contributed by atoms with Crippen molar-refractivity contribution in [3.63, 3.8) is 0 Å². The molecule has 0 aliphatic rings. The topological polar surface area (TPSA) is 89.3 Å². The molecular formula is C13H20N2O2. The molecule has 1 amide bonds. The minimum atomic E-state index is -0.688. The van der Waals surface area contributed by atoms with E-state index in [1.807, 2.05) is 26.8 Å². The van der Waals surface area contributed by atoms with Gasteiger partial charge in [-0.1, -0.05) is 32.9 Å². The molecule has 1 aromatic rings. The van der Waals surface area contributed by atoms with Gasteiger partial charge < -0.3 is 16.6 Å². The molecule has 0 spiro atoms. The van der Waals surface area contributed by atoms with Gasteiger partial charge in [0.05, 0.1) is 6.04 Å². The number of rotatable bonds is 3. The first kappa shape index (κ1) is 13.5. The van der Waals surface area contributed by atoms with Gasteiger partial charge >= 0.3 is 0 Å². The third kappa shape index (κ3) is 3.46. The number of hydrogen-bond donors (Lipinski definition) is 3. The number of phenols is 1. The summed E-state index contributed by atoms with van der Waals surface area (Å²) in [4.78, 5) is 10.9. The van der Waals surface area contributed by atoms with E-state index in [-0.39, 0.29) is 11.2 Å². The summed E-state index contributed by atoms with van der Waals surface area (Å²) >= 11 is 0. The lowest BCUT2D eigenvalue weighted by Crippen LogP contribution is -2.38. The van der Waals surface area contributed by atoms with Crippen LogP contribution in [0.1, 0.15) is 31.9 Å². The molecule has 0 fully saturated rings. The molecule has 0 saturated heterocycles. The first-order valence-electron chi connectivity index (χ1n) is 5.59. The summed E-state index contributed by atoms with van der Waals surface area (Å²) in [7, 11) is 0. The van der Waals surface area contributed by atoms with E-state index in [1.165, 1.54) is 0 Å². The molecular weight excluding hydrogens is 216 g/mol. The Bertz CT molecular complexity index is 422. The van der Waals surface area contributed by atoms with Crippen molar-refractivity contribution in [2.45, 2.75) is 38.6 Å². The molecule has 4 nitrogen and oxygen atoms in total. The predicted molar refractivity (Wildman–Crippen MR) is 67.7 cm³/mol. The van der Waals surface area contributed by atoms with Gasteiger partial charge in [0.1, 0.15) is 5.75 Å². The Labute approximate surface area is 102 Å². The smallest absolute Gasteiger partial charge is 0.234 e. The van der Waals surface area contributed by atoms with Gasteiger partial charge in [-0.3, -0.25) is 4.79 Å². The van der Waals surface area contributed by atoms with Crippen molar-refractivity contribution in [3.8, 4) is 5.75 Å². The molecule has 0 saturated carbocycles. The van der Waals surface area contributed by atoms with Crippen LogP contribution in [0, 0.1) is 0 Å². The minimum absolute atomic E-state index is 0.156. The Hall–Kier alpha value is -1.55. The van der Waals surface area contributed by atoms with Crippen LogP contribution in [0.4, 0.5) is 0 Å². The molecule has 0 aliphatic carbocycles. The van der Waals surface area contributed by atoms with Gasteiger partial charge in [-0.05, 0) is 29.0 Å². The summed E-state index contributed by atoms with van der Waals surface area (Å²) < 4.78 is 0. The SMILES string of the molecule is CC(C)(C)c1cc(C[C@H](N)C(N)=O)ccc1O. The van der Waals surface area contributed by atoms with Crippen molar-refractivity contribution in [1.82, 2.24) is 0 Å². The average molecular weight is 236 g/mol. The number of hydrogen-bond acceptors (Lipinski definition) is 3. The van der Waals surface area contributed by atoms with E-state index in [9.17, 15) is 9.90 Å². The van der Waals surface area contributed by atoms with Crippen LogP contribution in [-0.2, 0) is 16.6 Å². The van der Waals surface area contributed by atoms with Gasteiger partial charge in [0, 0.05) is 0 Å². The molecule has 0 aliphatic heterocycles. The summed E-state index contributed by atoms with van der Waals surface area (Å²) in [6.07, 6.45) is 0.388. The Morgan fingerprint density at radius 2 is 2.00 bits per heavy atom. The van der Waals surface area contributed by atoms with Crippen LogP contribution in [0.15, 0.2) is 18.2 Å². The summed E-state index contributed by atoms with van der Waals surface area (Å²) in [5, 5.41) is 9.79. The monoisotopic (exact) mass is 236 g/mol. The zero-order chi connectivity index (χ0) is 13.2. The lowest BCUT2D eigenvalue weighted by molar-refractivity contribution is -0.119. The second kappa shape index (κ2) is 4.75. The van der Waals surface area contributed by atoms with Gasteiger partial charge in [-0.15, -0.1) is 0 Å². The van der Waals surface area contributed by atoms with Gasteiger partial charge in [-0.2, -0.15) is 0 Å². The number of benzene rings is 1. The second-order valence-electron chi connectivity index (χ2n) is 5.31. The van der Waals surface area contributed by atoms with E-state index in [0.717, 1.165) is 11.1 Å². The highest BCUT2D eigenvalue weighted by molar-refractivity contribution is 5.79. The highest BCUT2D eigenvalue weighted by Crippen LogP contribution is 2.31. The molecule has 0 unspecified atom stereocenters. The van der Waals surface area contributed by atoms with Gasteiger partial charge in [0.25, 0.3) is 0 Å². The number of phenolic OH excluding ortho intramolecular Hbond substituents is 1. The Balaban J connectivity index is 3.01. The summed E-state index contributed by atoms with van der Waals surface area (Å²) in [5.74, 6) is -0.260. The molecule has 0 aromatic heterocycles. The van der Waals surface area contributed by atoms with E-state index in [0.29, 0.717) is 6.42 Å². The van der Waals surface area contributed by atoms with Gasteiger partial charge in [0.2, 0.25) is 5.91 Å². The number of primary amides is 1. The van der Waals surface area contributed by atoms with E-state index in [1.54, 1.807) is 12.1 Å². The molecule has 4 heteroatoms. The molecule has 0 radical (unpaired) electrons. The van der Waals surface area contributed by atoms with Crippen molar-refractivity contribution in [3.05, 3.63) is 29.3 Å². The van der Waals surface area contributed by atoms with Crippen LogP contribution in [0.25, 0.3) is 0 Å². The summed E-state index contributed by atoms with van der Waals surface area (Å²) in [6.45, 7) is 6.04. The highest BCUT2D eigenvalue weighted by Gasteiger charge is 2.19. The van der Waals surface area contributed by atoms with Crippen LogP contribution < -0.4 is 11.5 Å². The minimum Gasteiger partial charge on any atom is -0.508 e. The number of aromatic hydroxyl groups is 1. The van der Waals surface area contributed by atoms with Crippen LogP contribution >= 0.6 is 0 Å². The van der Waals surface area contributed by atoms with Gasteiger partial charge in [0.15, 0.2) is 0 Å². The molecule has 17 heavy (non-hydrogen) atoms. The van der Waals surface area contributed by atoms with Crippen molar-refractivity contribution in [2.24, 2.45) is 11.5 Å².